The van der Waals surface area contributed by atoms with Gasteiger partial charge in [0.05, 0.1) is 23.5 Å². The average Bonchev–Trinajstić information content (AvgIpc) is 2.69. The lowest BCUT2D eigenvalue weighted by molar-refractivity contribution is -0.116. The van der Waals surface area contributed by atoms with Crippen molar-refractivity contribution >= 4 is 23.2 Å². The van der Waals surface area contributed by atoms with Gasteiger partial charge in [0.15, 0.2) is 0 Å². The van der Waals surface area contributed by atoms with Crippen LogP contribution in [0.5, 0.6) is 0 Å². The number of rotatable bonds is 4. The highest BCUT2D eigenvalue weighted by Gasteiger charge is 2.07. The summed E-state index contributed by atoms with van der Waals surface area (Å²) in [6.07, 6.45) is 5.19. The highest BCUT2D eigenvalue weighted by molar-refractivity contribution is 6.31. The van der Waals surface area contributed by atoms with E-state index in [1.54, 1.807) is 35.4 Å². The van der Waals surface area contributed by atoms with Crippen molar-refractivity contribution in [2.24, 2.45) is 0 Å². The van der Waals surface area contributed by atoms with Gasteiger partial charge >= 0.3 is 0 Å². The lowest BCUT2D eigenvalue weighted by Gasteiger charge is -2.06. The Morgan fingerprint density at radius 1 is 1.44 bits per heavy atom. The first-order valence-electron chi connectivity index (χ1n) is 5.54. The third-order valence-corrected chi connectivity index (χ3v) is 2.93. The standard InChI is InChI=1S/C12H13ClN4O/c1-9-11(13)8-15-17(9)7-4-12(18)16-10-2-5-14-6-3-10/h2-3,5-6,8H,4,7H2,1H3,(H,14,16,18). The van der Waals surface area contributed by atoms with Gasteiger partial charge in [0, 0.05) is 24.5 Å². The molecule has 2 aromatic rings. The number of nitrogens with one attached hydrogen (secondary N) is 1. The largest absolute Gasteiger partial charge is 0.326 e. The zero-order valence-electron chi connectivity index (χ0n) is 9.93. The molecule has 0 radical (unpaired) electrons. The fourth-order valence-corrected chi connectivity index (χ4v) is 1.66. The Labute approximate surface area is 110 Å². The SMILES string of the molecule is Cc1c(Cl)cnn1CCC(=O)Nc1ccncc1. The number of amides is 1. The van der Waals surface area contributed by atoms with Gasteiger partial charge in [0.25, 0.3) is 0 Å². The maximum Gasteiger partial charge on any atom is 0.226 e. The lowest BCUT2D eigenvalue weighted by Crippen LogP contribution is -2.15. The van der Waals surface area contributed by atoms with E-state index >= 15 is 0 Å². The van der Waals surface area contributed by atoms with Gasteiger partial charge < -0.3 is 5.32 Å². The second-order valence-corrected chi connectivity index (χ2v) is 4.24. The Balaban J connectivity index is 1.87. The molecule has 0 atom stereocenters. The zero-order chi connectivity index (χ0) is 13.0. The number of aryl methyl sites for hydroxylation is 1. The van der Waals surface area contributed by atoms with E-state index < -0.39 is 0 Å². The first-order chi connectivity index (χ1) is 8.66. The van der Waals surface area contributed by atoms with Crippen molar-refractivity contribution in [1.82, 2.24) is 14.8 Å². The molecule has 2 rings (SSSR count). The smallest absolute Gasteiger partial charge is 0.226 e. The molecule has 0 aliphatic rings. The molecule has 2 aromatic heterocycles. The number of pyridine rings is 1. The molecule has 5 nitrogen and oxygen atoms in total. The number of aromatic nitrogens is 3. The Morgan fingerprint density at radius 3 is 2.78 bits per heavy atom. The summed E-state index contributed by atoms with van der Waals surface area (Å²) in [5.74, 6) is -0.0628. The zero-order valence-corrected chi connectivity index (χ0v) is 10.7. The summed E-state index contributed by atoms with van der Waals surface area (Å²) in [4.78, 5) is 15.6. The molecule has 0 aliphatic heterocycles. The molecule has 0 saturated heterocycles. The summed E-state index contributed by atoms with van der Waals surface area (Å²) in [5.41, 5.74) is 1.61. The molecule has 6 heteroatoms. The van der Waals surface area contributed by atoms with Crippen LogP contribution in [0, 0.1) is 6.92 Å². The van der Waals surface area contributed by atoms with Crippen LogP contribution in [-0.4, -0.2) is 20.7 Å². The average molecular weight is 265 g/mol. The molecule has 0 bridgehead atoms. The van der Waals surface area contributed by atoms with Crippen molar-refractivity contribution in [2.45, 2.75) is 19.9 Å². The Morgan fingerprint density at radius 2 is 2.17 bits per heavy atom. The van der Waals surface area contributed by atoms with Gasteiger partial charge in [-0.25, -0.2) is 0 Å². The normalized spacial score (nSPS) is 10.3. The quantitative estimate of drug-likeness (QED) is 0.922. The van der Waals surface area contributed by atoms with Gasteiger partial charge in [-0.15, -0.1) is 0 Å². The van der Waals surface area contributed by atoms with E-state index in [4.69, 9.17) is 11.6 Å². The van der Waals surface area contributed by atoms with E-state index in [1.165, 1.54) is 0 Å². The molecule has 94 valence electrons. The van der Waals surface area contributed by atoms with Crippen LogP contribution >= 0.6 is 11.6 Å². The fraction of sp³-hybridized carbons (Fsp3) is 0.250. The van der Waals surface area contributed by atoms with Crippen LogP contribution in [0.25, 0.3) is 0 Å². The molecule has 0 fully saturated rings. The van der Waals surface area contributed by atoms with Crippen molar-refractivity contribution in [2.75, 3.05) is 5.32 Å². The minimum absolute atomic E-state index is 0.0628. The van der Waals surface area contributed by atoms with Crippen LogP contribution in [0.1, 0.15) is 12.1 Å². The van der Waals surface area contributed by atoms with Crippen LogP contribution < -0.4 is 5.32 Å². The summed E-state index contributed by atoms with van der Waals surface area (Å²) < 4.78 is 1.72. The highest BCUT2D eigenvalue weighted by Crippen LogP contribution is 2.13. The molecule has 1 N–H and O–H groups in total. The van der Waals surface area contributed by atoms with Gasteiger partial charge in [-0.05, 0) is 19.1 Å². The van der Waals surface area contributed by atoms with Gasteiger partial charge in [-0.1, -0.05) is 11.6 Å². The first-order valence-corrected chi connectivity index (χ1v) is 5.92. The molecule has 0 unspecified atom stereocenters. The summed E-state index contributed by atoms with van der Waals surface area (Å²) >= 11 is 5.88. The van der Waals surface area contributed by atoms with E-state index in [0.717, 1.165) is 11.4 Å². The van der Waals surface area contributed by atoms with E-state index in [-0.39, 0.29) is 5.91 Å². The van der Waals surface area contributed by atoms with Crippen LogP contribution in [-0.2, 0) is 11.3 Å². The third kappa shape index (κ3) is 3.07. The number of carbonyl (C=O) groups excluding carboxylic acids is 1. The third-order valence-electron chi connectivity index (χ3n) is 2.56. The predicted molar refractivity (Wildman–Crippen MR) is 69.5 cm³/mol. The maximum absolute atomic E-state index is 11.7. The molecular weight excluding hydrogens is 252 g/mol. The van der Waals surface area contributed by atoms with Crippen molar-refractivity contribution in [1.29, 1.82) is 0 Å². The Hall–Kier alpha value is -1.88. The summed E-state index contributed by atoms with van der Waals surface area (Å²) in [5, 5.41) is 7.49. The van der Waals surface area contributed by atoms with Crippen molar-refractivity contribution in [3.63, 3.8) is 0 Å². The minimum atomic E-state index is -0.0628. The number of nitrogens with zero attached hydrogens (tertiary/aromatic N) is 3. The number of anilines is 1. The van der Waals surface area contributed by atoms with Gasteiger partial charge in [0.1, 0.15) is 0 Å². The summed E-state index contributed by atoms with van der Waals surface area (Å²) in [7, 11) is 0. The topological polar surface area (TPSA) is 59.8 Å². The van der Waals surface area contributed by atoms with Gasteiger partial charge in [-0.2, -0.15) is 5.10 Å². The van der Waals surface area contributed by atoms with Crippen LogP contribution in [0.15, 0.2) is 30.7 Å². The molecule has 0 saturated carbocycles. The second kappa shape index (κ2) is 5.64. The van der Waals surface area contributed by atoms with Gasteiger partial charge in [-0.3, -0.25) is 14.5 Å². The number of carbonyl (C=O) groups is 1. The summed E-state index contributed by atoms with van der Waals surface area (Å²) in [6, 6.07) is 3.49. The van der Waals surface area contributed by atoms with Crippen molar-refractivity contribution in [3.8, 4) is 0 Å². The number of halogens is 1. The molecule has 1 amide bonds. The number of hydrogen-bond donors (Lipinski definition) is 1. The minimum Gasteiger partial charge on any atom is -0.326 e. The molecule has 0 aliphatic carbocycles. The second-order valence-electron chi connectivity index (χ2n) is 3.84. The molecule has 18 heavy (non-hydrogen) atoms. The van der Waals surface area contributed by atoms with Crippen LogP contribution in [0.3, 0.4) is 0 Å². The van der Waals surface area contributed by atoms with E-state index in [0.29, 0.717) is 18.0 Å². The van der Waals surface area contributed by atoms with Crippen molar-refractivity contribution in [3.05, 3.63) is 41.4 Å². The van der Waals surface area contributed by atoms with Gasteiger partial charge in [0.2, 0.25) is 5.91 Å². The fourth-order valence-electron chi connectivity index (χ4n) is 1.52. The van der Waals surface area contributed by atoms with E-state index in [9.17, 15) is 4.79 Å². The Bertz CT molecular complexity index is 538. The van der Waals surface area contributed by atoms with Crippen LogP contribution in [0.4, 0.5) is 5.69 Å². The maximum atomic E-state index is 11.7. The molecule has 0 aromatic carbocycles. The number of hydrogen-bond acceptors (Lipinski definition) is 3. The molecule has 2 heterocycles. The van der Waals surface area contributed by atoms with Crippen molar-refractivity contribution < 1.29 is 4.79 Å². The predicted octanol–water partition coefficient (Wildman–Crippen LogP) is 2.27. The van der Waals surface area contributed by atoms with E-state index in [1.807, 2.05) is 6.92 Å². The van der Waals surface area contributed by atoms with Crippen LogP contribution in [0.2, 0.25) is 5.02 Å². The first kappa shape index (κ1) is 12.6. The van der Waals surface area contributed by atoms with E-state index in [2.05, 4.69) is 15.4 Å². The monoisotopic (exact) mass is 264 g/mol. The molecular formula is C12H13ClN4O. The Kier molecular flexibility index (Phi) is 3.94. The molecule has 0 spiro atoms. The lowest BCUT2D eigenvalue weighted by atomic mass is 10.3. The summed E-state index contributed by atoms with van der Waals surface area (Å²) in [6.45, 7) is 2.38. The highest BCUT2D eigenvalue weighted by atomic mass is 35.5.